The van der Waals surface area contributed by atoms with Crippen molar-refractivity contribution >= 4 is 6.09 Å². The summed E-state index contributed by atoms with van der Waals surface area (Å²) >= 11 is 0. The van der Waals surface area contributed by atoms with Crippen molar-refractivity contribution in [2.45, 2.75) is 63.5 Å². The standard InChI is InChI=1S/C24H29NO7/c1-24(2)31-21-19(27)20(30-22(21)32-24)18(26)14-25(13-16-9-5-3-6-10-16)23(28)29-15-17-11-7-4-8-12-17/h3-12,18-22,26-27H,13-15H2,1-2H3/t18-,19+,20-,21-,22-/m1/s1. The van der Waals surface area contributed by atoms with Gasteiger partial charge in [0.15, 0.2) is 12.1 Å². The van der Waals surface area contributed by atoms with Crippen LogP contribution in [0.15, 0.2) is 60.7 Å². The molecule has 2 heterocycles. The van der Waals surface area contributed by atoms with Crippen molar-refractivity contribution in [3.63, 3.8) is 0 Å². The summed E-state index contributed by atoms with van der Waals surface area (Å²) in [6, 6.07) is 18.8. The molecular weight excluding hydrogens is 414 g/mol. The fourth-order valence-electron chi connectivity index (χ4n) is 3.98. The van der Waals surface area contributed by atoms with E-state index in [1.54, 1.807) is 13.8 Å². The van der Waals surface area contributed by atoms with Crippen LogP contribution in [0, 0.1) is 0 Å². The van der Waals surface area contributed by atoms with Gasteiger partial charge in [0, 0.05) is 6.54 Å². The van der Waals surface area contributed by atoms with Crippen LogP contribution in [0.25, 0.3) is 0 Å². The van der Waals surface area contributed by atoms with Gasteiger partial charge in [-0.3, -0.25) is 0 Å². The predicted octanol–water partition coefficient (Wildman–Crippen LogP) is 2.42. The van der Waals surface area contributed by atoms with Crippen molar-refractivity contribution in [1.82, 2.24) is 4.90 Å². The Kier molecular flexibility index (Phi) is 6.78. The van der Waals surface area contributed by atoms with E-state index in [9.17, 15) is 15.0 Å². The highest BCUT2D eigenvalue weighted by molar-refractivity contribution is 5.67. The van der Waals surface area contributed by atoms with E-state index in [4.69, 9.17) is 18.9 Å². The zero-order valence-corrected chi connectivity index (χ0v) is 18.2. The first-order valence-electron chi connectivity index (χ1n) is 10.7. The van der Waals surface area contributed by atoms with Gasteiger partial charge in [0.25, 0.3) is 0 Å². The number of carbonyl (C=O) groups is 1. The SMILES string of the molecule is CC1(C)O[C@H]2O[C@H]([C@H](O)CN(Cc3ccccc3)C(=O)OCc3ccccc3)[C@H](O)[C@H]2O1. The van der Waals surface area contributed by atoms with Gasteiger partial charge >= 0.3 is 6.09 Å². The van der Waals surface area contributed by atoms with Gasteiger partial charge in [-0.15, -0.1) is 0 Å². The Bertz CT molecular complexity index is 892. The lowest BCUT2D eigenvalue weighted by atomic mass is 10.1. The Labute approximate surface area is 187 Å². The van der Waals surface area contributed by atoms with Crippen LogP contribution in [0.5, 0.6) is 0 Å². The third-order valence-corrected chi connectivity index (χ3v) is 5.52. The molecule has 2 aromatic carbocycles. The zero-order valence-electron chi connectivity index (χ0n) is 18.2. The van der Waals surface area contributed by atoms with Crippen LogP contribution in [-0.2, 0) is 32.1 Å². The molecule has 2 N–H and O–H groups in total. The number of hydrogen-bond acceptors (Lipinski definition) is 7. The minimum absolute atomic E-state index is 0.0902. The Morgan fingerprint density at radius 3 is 2.31 bits per heavy atom. The first-order valence-corrected chi connectivity index (χ1v) is 10.7. The molecule has 8 heteroatoms. The molecule has 2 aromatic rings. The number of fused-ring (bicyclic) bond motifs is 1. The van der Waals surface area contributed by atoms with Crippen LogP contribution in [0.3, 0.4) is 0 Å². The number of nitrogens with zero attached hydrogens (tertiary/aromatic N) is 1. The topological polar surface area (TPSA) is 97.7 Å². The molecule has 5 atom stereocenters. The number of hydrogen-bond donors (Lipinski definition) is 2. The van der Waals surface area contributed by atoms with Crippen molar-refractivity contribution in [2.24, 2.45) is 0 Å². The van der Waals surface area contributed by atoms with Crippen LogP contribution in [0.1, 0.15) is 25.0 Å². The van der Waals surface area contributed by atoms with Crippen molar-refractivity contribution < 1.29 is 34.0 Å². The molecule has 2 aliphatic rings. The summed E-state index contributed by atoms with van der Waals surface area (Å²) in [6.07, 6.45) is -5.25. The summed E-state index contributed by atoms with van der Waals surface area (Å²) in [5, 5.41) is 21.5. The number of rotatable bonds is 7. The lowest BCUT2D eigenvalue weighted by molar-refractivity contribution is -0.226. The van der Waals surface area contributed by atoms with Crippen LogP contribution >= 0.6 is 0 Å². The van der Waals surface area contributed by atoms with Crippen LogP contribution in [-0.4, -0.2) is 64.2 Å². The number of aliphatic hydroxyl groups excluding tert-OH is 2. The van der Waals surface area contributed by atoms with E-state index < -0.39 is 42.6 Å². The quantitative estimate of drug-likeness (QED) is 0.678. The molecule has 2 saturated heterocycles. The summed E-state index contributed by atoms with van der Waals surface area (Å²) in [5.74, 6) is -0.868. The summed E-state index contributed by atoms with van der Waals surface area (Å²) in [7, 11) is 0. The van der Waals surface area contributed by atoms with Gasteiger partial charge in [0.05, 0.1) is 6.54 Å². The van der Waals surface area contributed by atoms with E-state index in [0.717, 1.165) is 11.1 Å². The van der Waals surface area contributed by atoms with Gasteiger partial charge in [-0.2, -0.15) is 0 Å². The average molecular weight is 443 g/mol. The average Bonchev–Trinajstić information content (AvgIpc) is 3.25. The summed E-state index contributed by atoms with van der Waals surface area (Å²) in [4.78, 5) is 14.3. The lowest BCUT2D eigenvalue weighted by Crippen LogP contribution is -2.47. The molecule has 8 nitrogen and oxygen atoms in total. The van der Waals surface area contributed by atoms with Crippen molar-refractivity contribution in [3.8, 4) is 0 Å². The van der Waals surface area contributed by atoms with Crippen LogP contribution < -0.4 is 0 Å². The molecule has 32 heavy (non-hydrogen) atoms. The minimum atomic E-state index is -1.17. The van der Waals surface area contributed by atoms with Crippen molar-refractivity contribution in [1.29, 1.82) is 0 Å². The van der Waals surface area contributed by atoms with Crippen molar-refractivity contribution in [3.05, 3.63) is 71.8 Å². The number of aliphatic hydroxyl groups is 2. The van der Waals surface area contributed by atoms with E-state index in [1.807, 2.05) is 60.7 Å². The highest BCUT2D eigenvalue weighted by Gasteiger charge is 2.56. The first-order chi connectivity index (χ1) is 15.3. The molecule has 2 fully saturated rings. The van der Waals surface area contributed by atoms with Crippen LogP contribution in [0.2, 0.25) is 0 Å². The monoisotopic (exact) mass is 443 g/mol. The van der Waals surface area contributed by atoms with E-state index in [-0.39, 0.29) is 19.7 Å². The van der Waals surface area contributed by atoms with Gasteiger partial charge in [0.2, 0.25) is 0 Å². The summed E-state index contributed by atoms with van der Waals surface area (Å²) < 4.78 is 22.5. The van der Waals surface area contributed by atoms with E-state index in [0.29, 0.717) is 0 Å². The fraction of sp³-hybridized carbons (Fsp3) is 0.458. The number of ether oxygens (including phenoxy) is 4. The van der Waals surface area contributed by atoms with Gasteiger partial charge in [0.1, 0.15) is 31.0 Å². The van der Waals surface area contributed by atoms with Crippen molar-refractivity contribution in [2.75, 3.05) is 6.54 Å². The maximum atomic E-state index is 12.9. The summed E-state index contributed by atoms with van der Waals surface area (Å²) in [5.41, 5.74) is 1.75. The molecule has 1 amide bonds. The van der Waals surface area contributed by atoms with E-state index in [1.165, 1.54) is 4.90 Å². The molecule has 0 aliphatic carbocycles. The normalized spacial score (nSPS) is 27.0. The fourth-order valence-corrected chi connectivity index (χ4v) is 3.98. The second-order valence-electron chi connectivity index (χ2n) is 8.53. The molecule has 0 bridgehead atoms. The number of benzene rings is 2. The largest absolute Gasteiger partial charge is 0.445 e. The molecular formula is C24H29NO7. The molecule has 0 aromatic heterocycles. The molecule has 0 unspecified atom stereocenters. The lowest BCUT2D eigenvalue weighted by Gasteiger charge is -2.30. The molecule has 0 spiro atoms. The molecule has 0 radical (unpaired) electrons. The smallest absolute Gasteiger partial charge is 0.410 e. The maximum absolute atomic E-state index is 12.9. The van der Waals surface area contributed by atoms with E-state index in [2.05, 4.69) is 0 Å². The highest BCUT2D eigenvalue weighted by Crippen LogP contribution is 2.38. The Morgan fingerprint density at radius 2 is 1.69 bits per heavy atom. The van der Waals surface area contributed by atoms with Gasteiger partial charge < -0.3 is 34.1 Å². The highest BCUT2D eigenvalue weighted by atomic mass is 16.8. The van der Waals surface area contributed by atoms with Gasteiger partial charge in [-0.25, -0.2) is 4.79 Å². The predicted molar refractivity (Wildman–Crippen MR) is 114 cm³/mol. The third-order valence-electron chi connectivity index (χ3n) is 5.52. The van der Waals surface area contributed by atoms with E-state index >= 15 is 0 Å². The van der Waals surface area contributed by atoms with Gasteiger partial charge in [-0.1, -0.05) is 60.7 Å². The third kappa shape index (κ3) is 5.28. The summed E-state index contributed by atoms with van der Waals surface area (Å²) in [6.45, 7) is 3.73. The molecule has 0 saturated carbocycles. The molecule has 172 valence electrons. The van der Waals surface area contributed by atoms with Gasteiger partial charge in [-0.05, 0) is 25.0 Å². The second-order valence-corrected chi connectivity index (χ2v) is 8.53. The Balaban J connectivity index is 1.42. The van der Waals surface area contributed by atoms with Crippen LogP contribution in [0.4, 0.5) is 4.79 Å². The number of carbonyl (C=O) groups excluding carboxylic acids is 1. The maximum Gasteiger partial charge on any atom is 0.410 e. The Hall–Kier alpha value is -2.49. The first kappa shape index (κ1) is 22.7. The Morgan fingerprint density at radius 1 is 1.06 bits per heavy atom. The zero-order chi connectivity index (χ0) is 22.7. The molecule has 2 aliphatic heterocycles. The number of amides is 1. The second kappa shape index (κ2) is 9.56. The molecule has 4 rings (SSSR count). The minimum Gasteiger partial charge on any atom is -0.445 e.